The van der Waals surface area contributed by atoms with E-state index in [1.54, 1.807) is 12.1 Å². The summed E-state index contributed by atoms with van der Waals surface area (Å²) in [4.78, 5) is 39.5. The van der Waals surface area contributed by atoms with Gasteiger partial charge in [-0.05, 0) is 24.1 Å². The molecule has 7 heteroatoms. The Hall–Kier alpha value is -2.34. The van der Waals surface area contributed by atoms with Gasteiger partial charge < -0.3 is 10.3 Å². The highest BCUT2D eigenvalue weighted by Crippen LogP contribution is 2.23. The normalized spacial score (nSPS) is 11.9. The Kier molecular flexibility index (Phi) is 5.76. The van der Waals surface area contributed by atoms with Gasteiger partial charge in [-0.2, -0.15) is 0 Å². The number of hydrogen-bond acceptors (Lipinski definition) is 3. The first kappa shape index (κ1) is 17.0. The average Bonchev–Trinajstić information content (AvgIpc) is 2.50. The Balaban J connectivity index is 2.10. The molecule has 1 amide bonds. The van der Waals surface area contributed by atoms with Crippen molar-refractivity contribution in [2.24, 2.45) is 0 Å². The second kappa shape index (κ2) is 7.78. The second-order valence-electron chi connectivity index (χ2n) is 5.22. The van der Waals surface area contributed by atoms with Gasteiger partial charge in [0.1, 0.15) is 0 Å². The molecule has 0 radical (unpaired) electrons. The van der Waals surface area contributed by atoms with E-state index in [0.29, 0.717) is 17.1 Å². The van der Waals surface area contributed by atoms with Crippen molar-refractivity contribution in [3.05, 3.63) is 67.4 Å². The van der Waals surface area contributed by atoms with E-state index < -0.39 is 11.2 Å². The number of H-pyrrole nitrogens is 2. The van der Waals surface area contributed by atoms with Crippen LogP contribution in [-0.2, 0) is 11.3 Å². The number of aromatic amines is 2. The molecule has 122 valence electrons. The van der Waals surface area contributed by atoms with Crippen LogP contribution in [0, 0.1) is 0 Å². The van der Waals surface area contributed by atoms with Crippen molar-refractivity contribution in [3.8, 4) is 0 Å². The van der Waals surface area contributed by atoms with E-state index in [0.717, 1.165) is 12.0 Å². The van der Waals surface area contributed by atoms with E-state index in [1.165, 1.54) is 6.07 Å². The molecule has 1 aromatic heterocycles. The average molecular weight is 336 g/mol. The van der Waals surface area contributed by atoms with Crippen molar-refractivity contribution < 1.29 is 4.79 Å². The molecule has 0 fully saturated rings. The van der Waals surface area contributed by atoms with Gasteiger partial charge in [-0.3, -0.25) is 14.6 Å². The molecule has 2 aromatic rings. The van der Waals surface area contributed by atoms with Gasteiger partial charge in [-0.25, -0.2) is 4.79 Å². The first-order chi connectivity index (χ1) is 11.0. The van der Waals surface area contributed by atoms with Gasteiger partial charge >= 0.3 is 5.69 Å². The van der Waals surface area contributed by atoms with E-state index in [-0.39, 0.29) is 18.4 Å². The van der Waals surface area contributed by atoms with Gasteiger partial charge in [0, 0.05) is 16.8 Å². The van der Waals surface area contributed by atoms with Crippen molar-refractivity contribution >= 4 is 17.5 Å². The van der Waals surface area contributed by atoms with Crippen LogP contribution in [0.2, 0.25) is 5.02 Å². The van der Waals surface area contributed by atoms with Crippen molar-refractivity contribution in [3.63, 3.8) is 0 Å². The van der Waals surface area contributed by atoms with Gasteiger partial charge in [0.25, 0.3) is 5.56 Å². The fourth-order valence-electron chi connectivity index (χ4n) is 2.35. The maximum Gasteiger partial charge on any atom is 0.325 e. The Bertz CT molecular complexity index is 752. The third kappa shape index (κ3) is 4.82. The lowest BCUT2D eigenvalue weighted by atomic mass is 9.93. The minimum absolute atomic E-state index is 0.0891. The smallest absolute Gasteiger partial charge is 0.325 e. The molecule has 1 unspecified atom stereocenters. The number of carbonyl (C=O) groups is 1. The molecule has 2 rings (SSSR count). The van der Waals surface area contributed by atoms with Crippen LogP contribution in [0.1, 0.15) is 36.9 Å². The van der Waals surface area contributed by atoms with Gasteiger partial charge in [0.2, 0.25) is 5.91 Å². The third-order valence-electron chi connectivity index (χ3n) is 3.44. The van der Waals surface area contributed by atoms with Crippen LogP contribution < -0.4 is 16.6 Å². The highest BCUT2D eigenvalue weighted by atomic mass is 35.5. The number of nitrogens with one attached hydrogen (secondary N) is 3. The number of benzene rings is 1. The molecule has 0 saturated carbocycles. The van der Waals surface area contributed by atoms with E-state index in [2.05, 4.69) is 15.3 Å². The molecule has 0 spiro atoms. The van der Waals surface area contributed by atoms with E-state index >= 15 is 0 Å². The van der Waals surface area contributed by atoms with E-state index in [4.69, 9.17) is 11.6 Å². The summed E-state index contributed by atoms with van der Waals surface area (Å²) < 4.78 is 0. The monoisotopic (exact) mass is 335 g/mol. The second-order valence-corrected chi connectivity index (χ2v) is 5.66. The van der Waals surface area contributed by atoms with Crippen LogP contribution in [0.25, 0.3) is 0 Å². The number of hydrogen-bond donors (Lipinski definition) is 3. The molecule has 1 atom stereocenters. The first-order valence-corrected chi connectivity index (χ1v) is 7.73. The number of carbonyl (C=O) groups excluding carboxylic acids is 1. The minimum Gasteiger partial charge on any atom is -0.350 e. The van der Waals surface area contributed by atoms with Crippen LogP contribution in [0.5, 0.6) is 0 Å². The fourth-order valence-corrected chi connectivity index (χ4v) is 2.48. The highest BCUT2D eigenvalue weighted by Gasteiger charge is 2.19. The summed E-state index contributed by atoms with van der Waals surface area (Å²) in [5.74, 6) is -0.457. The quantitative estimate of drug-likeness (QED) is 0.752. The standard InChI is InChI=1S/C16H18ClN3O3/c1-2-3-13(10-4-6-11(17)7-5-10)15(22)18-9-12-8-14(21)20-16(23)19-12/h4-8,13H,2-3,9H2,1H3,(H,18,22)(H2,19,20,21,23). The summed E-state index contributed by atoms with van der Waals surface area (Å²) in [5, 5.41) is 3.37. The van der Waals surface area contributed by atoms with Crippen molar-refractivity contribution in [2.75, 3.05) is 0 Å². The lowest BCUT2D eigenvalue weighted by Gasteiger charge is -2.16. The van der Waals surface area contributed by atoms with Crippen molar-refractivity contribution in [1.82, 2.24) is 15.3 Å². The molecule has 0 aliphatic heterocycles. The lowest BCUT2D eigenvalue weighted by molar-refractivity contribution is -0.122. The lowest BCUT2D eigenvalue weighted by Crippen LogP contribution is -2.31. The summed E-state index contributed by atoms with van der Waals surface area (Å²) in [6, 6.07) is 8.41. The summed E-state index contributed by atoms with van der Waals surface area (Å²) in [6.45, 7) is 2.09. The molecule has 0 aliphatic rings. The molecule has 0 aliphatic carbocycles. The van der Waals surface area contributed by atoms with Crippen LogP contribution in [0.15, 0.2) is 39.9 Å². The number of rotatable bonds is 6. The zero-order valence-electron chi connectivity index (χ0n) is 12.7. The number of aromatic nitrogens is 2. The molecule has 1 heterocycles. The maximum absolute atomic E-state index is 12.4. The number of halogens is 1. The zero-order chi connectivity index (χ0) is 16.8. The summed E-state index contributed by atoms with van der Waals surface area (Å²) >= 11 is 5.88. The topological polar surface area (TPSA) is 94.8 Å². The predicted octanol–water partition coefficient (Wildman–Crippen LogP) is 1.92. The summed E-state index contributed by atoms with van der Waals surface area (Å²) in [5.41, 5.74) is 0.150. The number of amides is 1. The Morgan fingerprint density at radius 3 is 2.52 bits per heavy atom. The van der Waals surface area contributed by atoms with Crippen molar-refractivity contribution in [1.29, 1.82) is 0 Å². The molecule has 23 heavy (non-hydrogen) atoms. The summed E-state index contributed by atoms with van der Waals surface area (Å²) in [7, 11) is 0. The zero-order valence-corrected chi connectivity index (χ0v) is 13.4. The minimum atomic E-state index is -0.593. The van der Waals surface area contributed by atoms with Gasteiger partial charge in [-0.1, -0.05) is 37.1 Å². The summed E-state index contributed by atoms with van der Waals surface area (Å²) in [6.07, 6.45) is 1.54. The fraction of sp³-hybridized carbons (Fsp3) is 0.312. The first-order valence-electron chi connectivity index (χ1n) is 7.35. The molecule has 0 saturated heterocycles. The SMILES string of the molecule is CCCC(C(=O)NCc1cc(=O)[nH]c(=O)[nH]1)c1ccc(Cl)cc1. The molecule has 1 aromatic carbocycles. The van der Waals surface area contributed by atoms with Gasteiger partial charge in [-0.15, -0.1) is 0 Å². The molecule has 3 N–H and O–H groups in total. The highest BCUT2D eigenvalue weighted by molar-refractivity contribution is 6.30. The predicted molar refractivity (Wildman–Crippen MR) is 88.6 cm³/mol. The van der Waals surface area contributed by atoms with Gasteiger partial charge in [0.05, 0.1) is 12.5 Å². The maximum atomic E-state index is 12.4. The van der Waals surface area contributed by atoms with Crippen LogP contribution in [-0.4, -0.2) is 15.9 Å². The Morgan fingerprint density at radius 1 is 1.22 bits per heavy atom. The van der Waals surface area contributed by atoms with Crippen LogP contribution in [0.4, 0.5) is 0 Å². The molecule has 0 bridgehead atoms. The van der Waals surface area contributed by atoms with E-state index in [1.807, 2.05) is 19.1 Å². The molecule has 6 nitrogen and oxygen atoms in total. The molecular weight excluding hydrogens is 318 g/mol. The van der Waals surface area contributed by atoms with Gasteiger partial charge in [0.15, 0.2) is 0 Å². The van der Waals surface area contributed by atoms with Crippen LogP contribution >= 0.6 is 11.6 Å². The third-order valence-corrected chi connectivity index (χ3v) is 3.69. The largest absolute Gasteiger partial charge is 0.350 e. The Labute approximate surface area is 137 Å². The van der Waals surface area contributed by atoms with Crippen molar-refractivity contribution in [2.45, 2.75) is 32.2 Å². The van der Waals surface area contributed by atoms with Crippen LogP contribution in [0.3, 0.4) is 0 Å². The van der Waals surface area contributed by atoms with E-state index in [9.17, 15) is 14.4 Å². The Morgan fingerprint density at radius 2 is 1.91 bits per heavy atom. The molecular formula is C16H18ClN3O3.